The number of rotatable bonds is 10. The molecule has 0 aliphatic heterocycles. The van der Waals surface area contributed by atoms with Gasteiger partial charge < -0.3 is 10.1 Å². The molecule has 0 aromatic heterocycles. The van der Waals surface area contributed by atoms with Crippen LogP contribution in [0.25, 0.3) is 0 Å². The number of hydrazine groups is 1. The van der Waals surface area contributed by atoms with Crippen LogP contribution >= 0.6 is 15.9 Å². The van der Waals surface area contributed by atoms with Crippen LogP contribution in [0.4, 0.5) is 5.69 Å². The lowest BCUT2D eigenvalue weighted by atomic mass is 10.1. The van der Waals surface area contributed by atoms with Crippen molar-refractivity contribution in [2.75, 3.05) is 11.9 Å². The standard InChI is InChI=1S/C27H28BrN3O4/c1-2-3-9-25(32)29-22-13-10-20(11-14-22)26(33)30-31-27(34)23-18-21(28)12-15-24(23)35-17-16-19-7-5-4-6-8-19/h4-8,10-15,18H,2-3,9,16-17H2,1H3,(H,29,32)(H,30,33)(H,31,34). The second-order valence-electron chi connectivity index (χ2n) is 7.86. The molecule has 0 heterocycles. The molecule has 0 fully saturated rings. The molecule has 0 saturated heterocycles. The third-order valence-corrected chi connectivity index (χ3v) is 5.65. The van der Waals surface area contributed by atoms with Crippen LogP contribution in [0, 0.1) is 0 Å². The second-order valence-corrected chi connectivity index (χ2v) is 8.78. The van der Waals surface area contributed by atoms with Crippen LogP contribution in [-0.4, -0.2) is 24.3 Å². The van der Waals surface area contributed by atoms with Gasteiger partial charge in [-0.3, -0.25) is 25.2 Å². The van der Waals surface area contributed by atoms with Gasteiger partial charge in [0.25, 0.3) is 11.8 Å². The molecule has 8 heteroatoms. The highest BCUT2D eigenvalue weighted by Gasteiger charge is 2.15. The Balaban J connectivity index is 1.55. The van der Waals surface area contributed by atoms with Crippen molar-refractivity contribution in [1.29, 1.82) is 0 Å². The zero-order chi connectivity index (χ0) is 25.0. The number of anilines is 1. The van der Waals surface area contributed by atoms with E-state index in [4.69, 9.17) is 4.74 Å². The van der Waals surface area contributed by atoms with E-state index in [0.717, 1.165) is 18.4 Å². The summed E-state index contributed by atoms with van der Waals surface area (Å²) < 4.78 is 6.56. The van der Waals surface area contributed by atoms with E-state index in [-0.39, 0.29) is 11.5 Å². The molecule has 3 rings (SSSR count). The molecule has 0 bridgehead atoms. The monoisotopic (exact) mass is 537 g/mol. The summed E-state index contributed by atoms with van der Waals surface area (Å²) in [6.45, 7) is 2.43. The topological polar surface area (TPSA) is 96.5 Å². The normalized spacial score (nSPS) is 10.3. The summed E-state index contributed by atoms with van der Waals surface area (Å²) in [5.74, 6) is -0.635. The van der Waals surface area contributed by atoms with Crippen molar-refractivity contribution in [2.24, 2.45) is 0 Å². The lowest BCUT2D eigenvalue weighted by molar-refractivity contribution is -0.116. The number of unbranched alkanes of at least 4 members (excludes halogenated alkanes) is 1. The Morgan fingerprint density at radius 1 is 0.886 bits per heavy atom. The molecular weight excluding hydrogens is 510 g/mol. The zero-order valence-electron chi connectivity index (χ0n) is 19.5. The van der Waals surface area contributed by atoms with E-state index in [1.807, 2.05) is 37.3 Å². The van der Waals surface area contributed by atoms with Crippen molar-refractivity contribution in [3.8, 4) is 5.75 Å². The average Bonchev–Trinajstić information content (AvgIpc) is 2.87. The highest BCUT2D eigenvalue weighted by Crippen LogP contribution is 2.23. The van der Waals surface area contributed by atoms with Gasteiger partial charge in [-0.15, -0.1) is 0 Å². The fourth-order valence-electron chi connectivity index (χ4n) is 3.25. The van der Waals surface area contributed by atoms with Gasteiger partial charge in [0.2, 0.25) is 5.91 Å². The van der Waals surface area contributed by atoms with Gasteiger partial charge in [-0.2, -0.15) is 0 Å². The first-order chi connectivity index (χ1) is 17.0. The van der Waals surface area contributed by atoms with Crippen LogP contribution in [0.3, 0.4) is 0 Å². The van der Waals surface area contributed by atoms with E-state index in [1.54, 1.807) is 42.5 Å². The van der Waals surface area contributed by atoms with E-state index in [0.29, 0.717) is 40.9 Å². The minimum atomic E-state index is -0.505. The SMILES string of the molecule is CCCCC(=O)Nc1ccc(C(=O)NNC(=O)c2cc(Br)ccc2OCCc2ccccc2)cc1. The third kappa shape index (κ3) is 8.26. The molecule has 3 amide bonds. The Morgan fingerprint density at radius 3 is 2.31 bits per heavy atom. The highest BCUT2D eigenvalue weighted by molar-refractivity contribution is 9.10. The number of nitrogens with one attached hydrogen (secondary N) is 3. The highest BCUT2D eigenvalue weighted by atomic mass is 79.9. The van der Waals surface area contributed by atoms with Gasteiger partial charge in [0.1, 0.15) is 5.75 Å². The first-order valence-electron chi connectivity index (χ1n) is 11.4. The molecule has 0 aliphatic carbocycles. The number of halogens is 1. The zero-order valence-corrected chi connectivity index (χ0v) is 21.1. The summed E-state index contributed by atoms with van der Waals surface area (Å²) in [5, 5.41) is 2.79. The smallest absolute Gasteiger partial charge is 0.273 e. The maximum Gasteiger partial charge on any atom is 0.273 e. The predicted molar refractivity (Wildman–Crippen MR) is 139 cm³/mol. The molecule has 0 spiro atoms. The molecule has 0 saturated carbocycles. The Hall–Kier alpha value is -3.65. The average molecular weight is 538 g/mol. The first-order valence-corrected chi connectivity index (χ1v) is 12.2. The first kappa shape index (κ1) is 26.0. The number of carbonyl (C=O) groups excluding carboxylic acids is 3. The maximum atomic E-state index is 12.8. The molecule has 0 radical (unpaired) electrons. The van der Waals surface area contributed by atoms with E-state index < -0.39 is 11.8 Å². The molecule has 35 heavy (non-hydrogen) atoms. The number of amides is 3. The van der Waals surface area contributed by atoms with Crippen molar-refractivity contribution in [2.45, 2.75) is 32.6 Å². The molecule has 3 N–H and O–H groups in total. The molecule has 0 unspecified atom stereocenters. The minimum absolute atomic E-state index is 0.0628. The molecule has 182 valence electrons. The Kier molecular flexibility index (Phi) is 9.86. The molecule has 0 atom stereocenters. The van der Waals surface area contributed by atoms with Gasteiger partial charge in [-0.1, -0.05) is 59.6 Å². The third-order valence-electron chi connectivity index (χ3n) is 5.16. The molecule has 3 aromatic rings. The van der Waals surface area contributed by atoms with Crippen LogP contribution < -0.4 is 20.9 Å². The van der Waals surface area contributed by atoms with Crippen molar-refractivity contribution < 1.29 is 19.1 Å². The number of ether oxygens (including phenoxy) is 1. The van der Waals surface area contributed by atoms with E-state index in [9.17, 15) is 14.4 Å². The molecule has 7 nitrogen and oxygen atoms in total. The predicted octanol–water partition coefficient (Wildman–Crippen LogP) is 5.27. The molecular formula is C27H28BrN3O4. The summed E-state index contributed by atoms with van der Waals surface area (Å²) in [6, 6.07) is 21.5. The van der Waals surface area contributed by atoms with Crippen molar-refractivity contribution >= 4 is 39.3 Å². The van der Waals surface area contributed by atoms with Crippen LogP contribution in [0.1, 0.15) is 52.5 Å². The number of hydrogen-bond donors (Lipinski definition) is 3. The Labute approximate surface area is 213 Å². The van der Waals surface area contributed by atoms with Crippen LogP contribution in [0.5, 0.6) is 5.75 Å². The maximum absolute atomic E-state index is 12.8. The fraction of sp³-hybridized carbons (Fsp3) is 0.222. The summed E-state index contributed by atoms with van der Waals surface area (Å²) in [5.41, 5.74) is 7.22. The number of carbonyl (C=O) groups is 3. The van der Waals surface area contributed by atoms with Gasteiger partial charge in [0.05, 0.1) is 12.2 Å². The van der Waals surface area contributed by atoms with Crippen molar-refractivity contribution in [3.63, 3.8) is 0 Å². The van der Waals surface area contributed by atoms with E-state index >= 15 is 0 Å². The van der Waals surface area contributed by atoms with Gasteiger partial charge in [-0.25, -0.2) is 0 Å². The summed E-state index contributed by atoms with van der Waals surface area (Å²) >= 11 is 3.37. The summed E-state index contributed by atoms with van der Waals surface area (Å²) in [7, 11) is 0. The lowest BCUT2D eigenvalue weighted by Gasteiger charge is -2.13. The number of hydrogen-bond acceptors (Lipinski definition) is 4. The van der Waals surface area contributed by atoms with Gasteiger partial charge in [-0.05, 0) is 54.4 Å². The minimum Gasteiger partial charge on any atom is -0.492 e. The second kappa shape index (κ2) is 13.3. The van der Waals surface area contributed by atoms with Crippen LogP contribution in [-0.2, 0) is 11.2 Å². The molecule has 3 aromatic carbocycles. The summed E-state index contributed by atoms with van der Waals surface area (Å²) in [4.78, 5) is 37.1. The quantitative estimate of drug-likeness (QED) is 0.307. The van der Waals surface area contributed by atoms with E-state index in [2.05, 4.69) is 32.1 Å². The van der Waals surface area contributed by atoms with Crippen molar-refractivity contribution in [1.82, 2.24) is 10.9 Å². The number of benzene rings is 3. The van der Waals surface area contributed by atoms with Crippen molar-refractivity contribution in [3.05, 3.63) is 94.0 Å². The lowest BCUT2D eigenvalue weighted by Crippen LogP contribution is -2.41. The molecule has 0 aliphatic rings. The van der Waals surface area contributed by atoms with Crippen LogP contribution in [0.15, 0.2) is 77.3 Å². The largest absolute Gasteiger partial charge is 0.492 e. The Bertz CT molecular complexity index is 1150. The Morgan fingerprint density at radius 2 is 1.60 bits per heavy atom. The van der Waals surface area contributed by atoms with Gasteiger partial charge in [0.15, 0.2) is 0 Å². The van der Waals surface area contributed by atoms with Crippen LogP contribution in [0.2, 0.25) is 0 Å². The van der Waals surface area contributed by atoms with Gasteiger partial charge >= 0.3 is 0 Å². The fourth-order valence-corrected chi connectivity index (χ4v) is 3.61. The van der Waals surface area contributed by atoms with E-state index in [1.165, 1.54) is 0 Å². The summed E-state index contributed by atoms with van der Waals surface area (Å²) in [6.07, 6.45) is 2.92. The van der Waals surface area contributed by atoms with Gasteiger partial charge in [0, 0.05) is 28.6 Å².